The molecule has 0 bridgehead atoms. The van der Waals surface area contributed by atoms with Gasteiger partial charge >= 0.3 is 0 Å². The van der Waals surface area contributed by atoms with Crippen molar-refractivity contribution in [1.82, 2.24) is 15.2 Å². The SMILES string of the molecule is Cc1nc(-c2ccc(Oc3ccccc3)cc2)sc1C(=O)NCCN1CCCCC1. The third-order valence-electron chi connectivity index (χ3n) is 5.25. The lowest BCUT2D eigenvalue weighted by molar-refractivity contribution is 0.0950. The number of thiazole rings is 1. The minimum atomic E-state index is -0.0303. The van der Waals surface area contributed by atoms with E-state index in [9.17, 15) is 4.79 Å². The Balaban J connectivity index is 1.36. The molecule has 30 heavy (non-hydrogen) atoms. The molecule has 5 nitrogen and oxygen atoms in total. The molecule has 1 amide bonds. The van der Waals surface area contributed by atoms with Crippen molar-refractivity contribution in [1.29, 1.82) is 0 Å². The number of rotatable bonds is 7. The van der Waals surface area contributed by atoms with Gasteiger partial charge in [0.2, 0.25) is 0 Å². The van der Waals surface area contributed by atoms with Gasteiger partial charge in [-0.25, -0.2) is 4.98 Å². The standard InChI is InChI=1S/C24H27N3O2S/c1-18-22(23(28)25-14-17-27-15-6-3-7-16-27)30-24(26-18)19-10-12-21(13-11-19)29-20-8-4-2-5-9-20/h2,4-5,8-13H,3,6-7,14-17H2,1H3,(H,25,28). The van der Waals surface area contributed by atoms with Gasteiger partial charge in [-0.05, 0) is 69.3 Å². The molecule has 1 aliphatic rings. The summed E-state index contributed by atoms with van der Waals surface area (Å²) in [5.41, 5.74) is 1.76. The third kappa shape index (κ3) is 5.26. The molecule has 0 radical (unpaired) electrons. The lowest BCUT2D eigenvalue weighted by Crippen LogP contribution is -2.37. The second kappa shape index (κ2) is 9.87. The molecule has 4 rings (SSSR count). The van der Waals surface area contributed by atoms with E-state index in [0.29, 0.717) is 11.4 Å². The minimum Gasteiger partial charge on any atom is -0.457 e. The second-order valence-corrected chi connectivity index (χ2v) is 8.53. The Labute approximate surface area is 181 Å². The van der Waals surface area contributed by atoms with Crippen LogP contribution in [0, 0.1) is 6.92 Å². The number of carbonyl (C=O) groups is 1. The summed E-state index contributed by atoms with van der Waals surface area (Å²) in [4.78, 5) is 20.4. The van der Waals surface area contributed by atoms with Crippen molar-refractivity contribution in [3.63, 3.8) is 0 Å². The van der Waals surface area contributed by atoms with Crippen LogP contribution in [0.4, 0.5) is 0 Å². The summed E-state index contributed by atoms with van der Waals surface area (Å²) in [7, 11) is 0. The Morgan fingerprint density at radius 2 is 1.73 bits per heavy atom. The second-order valence-electron chi connectivity index (χ2n) is 7.53. The summed E-state index contributed by atoms with van der Waals surface area (Å²) in [5, 5.41) is 3.91. The summed E-state index contributed by atoms with van der Waals surface area (Å²) >= 11 is 1.44. The molecule has 6 heteroatoms. The minimum absolute atomic E-state index is 0.0303. The van der Waals surface area contributed by atoms with E-state index in [-0.39, 0.29) is 5.91 Å². The number of hydrogen-bond acceptors (Lipinski definition) is 5. The van der Waals surface area contributed by atoms with E-state index < -0.39 is 0 Å². The van der Waals surface area contributed by atoms with E-state index in [2.05, 4.69) is 15.2 Å². The quantitative estimate of drug-likeness (QED) is 0.575. The van der Waals surface area contributed by atoms with Crippen molar-refractivity contribution in [2.75, 3.05) is 26.2 Å². The average Bonchev–Trinajstić information content (AvgIpc) is 3.17. The number of para-hydroxylation sites is 1. The molecule has 0 atom stereocenters. The topological polar surface area (TPSA) is 54.5 Å². The highest BCUT2D eigenvalue weighted by atomic mass is 32.1. The van der Waals surface area contributed by atoms with E-state index in [1.807, 2.05) is 61.5 Å². The van der Waals surface area contributed by atoms with Crippen LogP contribution in [-0.2, 0) is 0 Å². The van der Waals surface area contributed by atoms with Crippen molar-refractivity contribution in [3.8, 4) is 22.1 Å². The van der Waals surface area contributed by atoms with Crippen molar-refractivity contribution < 1.29 is 9.53 Å². The number of hydrogen-bond donors (Lipinski definition) is 1. The first kappa shape index (κ1) is 20.6. The van der Waals surface area contributed by atoms with E-state index >= 15 is 0 Å². The maximum Gasteiger partial charge on any atom is 0.263 e. The average molecular weight is 422 g/mol. The molecular formula is C24H27N3O2S. The van der Waals surface area contributed by atoms with Crippen molar-refractivity contribution in [3.05, 3.63) is 65.2 Å². The molecule has 2 aromatic carbocycles. The summed E-state index contributed by atoms with van der Waals surface area (Å²) in [6, 6.07) is 17.5. The first-order valence-corrected chi connectivity index (χ1v) is 11.3. The zero-order valence-electron chi connectivity index (χ0n) is 17.3. The molecule has 1 aromatic heterocycles. The largest absolute Gasteiger partial charge is 0.457 e. The van der Waals surface area contributed by atoms with Gasteiger partial charge in [-0.2, -0.15) is 0 Å². The van der Waals surface area contributed by atoms with E-state index in [1.165, 1.54) is 30.6 Å². The molecule has 0 unspecified atom stereocenters. The van der Waals surface area contributed by atoms with Crippen LogP contribution < -0.4 is 10.1 Å². The van der Waals surface area contributed by atoms with Crippen LogP contribution in [0.2, 0.25) is 0 Å². The number of aromatic nitrogens is 1. The van der Waals surface area contributed by atoms with E-state index in [4.69, 9.17) is 4.74 Å². The number of nitrogens with zero attached hydrogens (tertiary/aromatic N) is 2. The Kier molecular flexibility index (Phi) is 6.77. The maximum absolute atomic E-state index is 12.6. The Morgan fingerprint density at radius 3 is 2.47 bits per heavy atom. The monoisotopic (exact) mass is 421 g/mol. The highest BCUT2D eigenvalue weighted by Crippen LogP contribution is 2.30. The third-order valence-corrected chi connectivity index (χ3v) is 6.45. The number of amides is 1. The van der Waals surface area contributed by atoms with Crippen LogP contribution in [0.1, 0.15) is 34.6 Å². The lowest BCUT2D eigenvalue weighted by atomic mass is 10.1. The smallest absolute Gasteiger partial charge is 0.263 e. The number of aryl methyl sites for hydroxylation is 1. The van der Waals surface area contributed by atoms with Crippen LogP contribution in [0.3, 0.4) is 0 Å². The molecule has 1 N–H and O–H groups in total. The zero-order valence-corrected chi connectivity index (χ0v) is 18.1. The van der Waals surface area contributed by atoms with Gasteiger partial charge in [0.05, 0.1) is 5.69 Å². The van der Waals surface area contributed by atoms with Crippen molar-refractivity contribution >= 4 is 17.2 Å². The van der Waals surface area contributed by atoms with Gasteiger partial charge in [0.1, 0.15) is 21.4 Å². The van der Waals surface area contributed by atoms with Crippen LogP contribution in [-0.4, -0.2) is 42.0 Å². The maximum atomic E-state index is 12.6. The van der Waals surface area contributed by atoms with Gasteiger partial charge < -0.3 is 15.0 Å². The molecule has 1 aliphatic heterocycles. The highest BCUT2D eigenvalue weighted by molar-refractivity contribution is 7.17. The summed E-state index contributed by atoms with van der Waals surface area (Å²) in [6.07, 6.45) is 3.85. The van der Waals surface area contributed by atoms with Crippen molar-refractivity contribution in [2.24, 2.45) is 0 Å². The van der Waals surface area contributed by atoms with Crippen LogP contribution in [0.25, 0.3) is 10.6 Å². The molecular weight excluding hydrogens is 394 g/mol. The highest BCUT2D eigenvalue weighted by Gasteiger charge is 2.17. The zero-order chi connectivity index (χ0) is 20.8. The summed E-state index contributed by atoms with van der Waals surface area (Å²) in [6.45, 7) is 5.77. The van der Waals surface area contributed by atoms with Crippen LogP contribution in [0.5, 0.6) is 11.5 Å². The first-order chi connectivity index (χ1) is 14.7. The number of piperidine rings is 1. The number of ether oxygens (including phenoxy) is 1. The van der Waals surface area contributed by atoms with Gasteiger partial charge in [-0.15, -0.1) is 11.3 Å². The summed E-state index contributed by atoms with van der Waals surface area (Å²) in [5.74, 6) is 1.55. The molecule has 0 spiro atoms. The first-order valence-electron chi connectivity index (χ1n) is 10.5. The molecule has 1 fully saturated rings. The Morgan fingerprint density at radius 1 is 1.03 bits per heavy atom. The molecule has 2 heterocycles. The summed E-state index contributed by atoms with van der Waals surface area (Å²) < 4.78 is 5.85. The number of carbonyl (C=O) groups excluding carboxylic acids is 1. The van der Waals surface area contributed by atoms with Gasteiger partial charge in [-0.3, -0.25) is 4.79 Å². The van der Waals surface area contributed by atoms with Gasteiger partial charge in [0.25, 0.3) is 5.91 Å². The van der Waals surface area contributed by atoms with Crippen molar-refractivity contribution in [2.45, 2.75) is 26.2 Å². The Bertz CT molecular complexity index is 964. The normalized spacial score (nSPS) is 14.4. The van der Waals surface area contributed by atoms with Gasteiger partial charge in [-0.1, -0.05) is 24.6 Å². The number of nitrogens with one attached hydrogen (secondary N) is 1. The molecule has 0 saturated carbocycles. The predicted octanol–water partition coefficient (Wildman–Crippen LogP) is 5.13. The van der Waals surface area contributed by atoms with Gasteiger partial charge in [0, 0.05) is 18.7 Å². The van der Waals surface area contributed by atoms with Gasteiger partial charge in [0.15, 0.2) is 0 Å². The molecule has 1 saturated heterocycles. The molecule has 156 valence electrons. The molecule has 0 aliphatic carbocycles. The predicted molar refractivity (Wildman–Crippen MR) is 121 cm³/mol. The van der Waals surface area contributed by atoms with E-state index in [1.54, 1.807) is 0 Å². The number of benzene rings is 2. The fraction of sp³-hybridized carbons (Fsp3) is 0.333. The Hall–Kier alpha value is -2.70. The van der Waals surface area contributed by atoms with E-state index in [0.717, 1.165) is 47.4 Å². The van der Waals surface area contributed by atoms with Crippen LogP contribution in [0.15, 0.2) is 54.6 Å². The van der Waals surface area contributed by atoms with Crippen LogP contribution >= 0.6 is 11.3 Å². The lowest BCUT2D eigenvalue weighted by Gasteiger charge is -2.26. The fourth-order valence-electron chi connectivity index (χ4n) is 3.61. The molecule has 3 aromatic rings. The number of likely N-dealkylation sites (tertiary alicyclic amines) is 1. The fourth-order valence-corrected chi connectivity index (χ4v) is 4.60.